The van der Waals surface area contributed by atoms with Crippen LogP contribution in [0.4, 0.5) is 0 Å². The topological polar surface area (TPSA) is 93.1 Å². The van der Waals surface area contributed by atoms with Crippen LogP contribution in [0.5, 0.6) is 11.5 Å². The third kappa shape index (κ3) is 3.92. The van der Waals surface area contributed by atoms with Crippen LogP contribution in [0.15, 0.2) is 59.7 Å². The lowest BCUT2D eigenvalue weighted by Gasteiger charge is -2.14. The summed E-state index contributed by atoms with van der Waals surface area (Å²) in [7, 11) is 0. The van der Waals surface area contributed by atoms with Crippen molar-refractivity contribution in [1.82, 2.24) is 0 Å². The third-order valence-electron chi connectivity index (χ3n) is 3.81. The number of benzene rings is 2. The van der Waals surface area contributed by atoms with Crippen molar-refractivity contribution in [1.29, 1.82) is 0 Å². The van der Waals surface area contributed by atoms with Gasteiger partial charge in [0.2, 0.25) is 0 Å². The van der Waals surface area contributed by atoms with E-state index in [1.54, 1.807) is 12.2 Å². The van der Waals surface area contributed by atoms with E-state index in [9.17, 15) is 9.59 Å². The van der Waals surface area contributed by atoms with E-state index in [0.717, 1.165) is 22.6 Å². The number of hydrogen-bond donors (Lipinski definition) is 2. The smallest absolute Gasteiger partial charge is 0.335 e. The highest BCUT2D eigenvalue weighted by molar-refractivity contribution is 5.94. The molecule has 2 aromatic carbocycles. The molecule has 2 aliphatic rings. The lowest BCUT2D eigenvalue weighted by atomic mass is 10.1. The maximum absolute atomic E-state index is 10.6. The number of carboxylic acid groups (broad SMARTS) is 2. The van der Waals surface area contributed by atoms with Gasteiger partial charge in [0.15, 0.2) is 0 Å². The molecule has 0 aromatic heterocycles. The van der Waals surface area contributed by atoms with Gasteiger partial charge in [0.1, 0.15) is 24.7 Å². The minimum absolute atomic E-state index is 0.145. The summed E-state index contributed by atoms with van der Waals surface area (Å²) in [6, 6.07) is 14.7. The number of carbonyl (C=O) groups is 2. The van der Waals surface area contributed by atoms with Crippen molar-refractivity contribution in [3.05, 3.63) is 70.8 Å². The molecule has 0 bridgehead atoms. The number of ether oxygens (including phenoxy) is 2. The van der Waals surface area contributed by atoms with Gasteiger partial charge in [-0.3, -0.25) is 0 Å². The summed E-state index contributed by atoms with van der Waals surface area (Å²) in [5, 5.41) is 17.4. The summed E-state index contributed by atoms with van der Waals surface area (Å²) in [4.78, 5) is 21.2. The fourth-order valence-electron chi connectivity index (χ4n) is 2.48. The molecule has 26 heavy (non-hydrogen) atoms. The van der Waals surface area contributed by atoms with Gasteiger partial charge in [0, 0.05) is 11.1 Å². The van der Waals surface area contributed by atoms with Gasteiger partial charge < -0.3 is 19.7 Å². The summed E-state index contributed by atoms with van der Waals surface area (Å²) in [5.41, 5.74) is 2.23. The van der Waals surface area contributed by atoms with Crippen LogP contribution in [0.3, 0.4) is 0 Å². The highest BCUT2D eigenvalue weighted by Gasteiger charge is 2.16. The molecule has 2 aliphatic heterocycles. The Bertz CT molecular complexity index is 835. The average molecular weight is 352 g/mol. The summed E-state index contributed by atoms with van der Waals surface area (Å²) in [6.45, 7) is 0.290. The Balaban J connectivity index is 0.000000151. The lowest BCUT2D eigenvalue weighted by Crippen LogP contribution is -2.13. The molecule has 0 unspecified atom stereocenters. The van der Waals surface area contributed by atoms with Crippen LogP contribution in [-0.2, 0) is 9.59 Å². The Kier molecular flexibility index (Phi) is 5.03. The molecule has 0 saturated heterocycles. The first kappa shape index (κ1) is 17.3. The van der Waals surface area contributed by atoms with E-state index >= 15 is 0 Å². The van der Waals surface area contributed by atoms with Crippen molar-refractivity contribution >= 4 is 24.1 Å². The molecule has 132 valence electrons. The molecule has 0 radical (unpaired) electrons. The second kappa shape index (κ2) is 7.57. The van der Waals surface area contributed by atoms with Crippen LogP contribution in [0.1, 0.15) is 11.1 Å². The zero-order chi connectivity index (χ0) is 18.5. The summed E-state index contributed by atoms with van der Waals surface area (Å²) >= 11 is 0. The van der Waals surface area contributed by atoms with E-state index in [-0.39, 0.29) is 13.2 Å². The molecule has 2 heterocycles. The lowest BCUT2D eigenvalue weighted by molar-refractivity contribution is -0.134. The normalized spacial score (nSPS) is 14.0. The molecule has 0 aliphatic carbocycles. The van der Waals surface area contributed by atoms with Crippen molar-refractivity contribution in [2.75, 3.05) is 13.2 Å². The molecule has 0 saturated carbocycles. The van der Waals surface area contributed by atoms with Gasteiger partial charge in [-0.15, -0.1) is 0 Å². The number of para-hydroxylation sites is 2. The van der Waals surface area contributed by atoms with E-state index in [0.29, 0.717) is 11.1 Å². The van der Waals surface area contributed by atoms with Gasteiger partial charge in [-0.2, -0.15) is 0 Å². The van der Waals surface area contributed by atoms with Gasteiger partial charge in [-0.25, -0.2) is 9.59 Å². The van der Waals surface area contributed by atoms with Crippen molar-refractivity contribution < 1.29 is 29.3 Å². The molecule has 0 amide bonds. The first-order valence-electron chi connectivity index (χ1n) is 7.86. The standard InChI is InChI=1S/2C10H8O3/c2*11-10(12)8-5-7-3-1-2-4-9(7)13-6-8/h2*1-5H,6H2,(H,11,12). The maximum Gasteiger partial charge on any atom is 0.335 e. The van der Waals surface area contributed by atoms with Crippen LogP contribution in [0, 0.1) is 0 Å². The molecular weight excluding hydrogens is 336 g/mol. The predicted molar refractivity (Wildman–Crippen MR) is 95.1 cm³/mol. The van der Waals surface area contributed by atoms with E-state index < -0.39 is 11.9 Å². The molecule has 2 N–H and O–H groups in total. The zero-order valence-corrected chi connectivity index (χ0v) is 13.7. The molecule has 4 rings (SSSR count). The maximum atomic E-state index is 10.6. The molecular formula is C20H16O6. The molecule has 6 nitrogen and oxygen atoms in total. The second-order valence-electron chi connectivity index (χ2n) is 5.60. The van der Waals surface area contributed by atoms with Crippen molar-refractivity contribution in [3.63, 3.8) is 0 Å². The predicted octanol–water partition coefficient (Wildman–Crippen LogP) is 3.09. The van der Waals surface area contributed by atoms with Crippen LogP contribution in [0.2, 0.25) is 0 Å². The second-order valence-corrected chi connectivity index (χ2v) is 5.60. The minimum atomic E-state index is -0.922. The van der Waals surface area contributed by atoms with Crippen molar-refractivity contribution in [2.24, 2.45) is 0 Å². The fourth-order valence-corrected chi connectivity index (χ4v) is 2.48. The molecule has 2 aromatic rings. The van der Waals surface area contributed by atoms with Gasteiger partial charge in [-0.1, -0.05) is 36.4 Å². The Morgan fingerprint density at radius 2 is 1.08 bits per heavy atom. The van der Waals surface area contributed by atoms with Crippen molar-refractivity contribution in [2.45, 2.75) is 0 Å². The fraction of sp³-hybridized carbons (Fsp3) is 0.100. The number of aliphatic carboxylic acids is 2. The molecule has 6 heteroatoms. The molecule has 0 atom stereocenters. The van der Waals surface area contributed by atoms with Crippen LogP contribution < -0.4 is 9.47 Å². The van der Waals surface area contributed by atoms with Gasteiger partial charge in [0.05, 0.1) is 11.1 Å². The summed E-state index contributed by atoms with van der Waals surface area (Å²) < 4.78 is 10.5. The van der Waals surface area contributed by atoms with E-state index in [1.807, 2.05) is 48.5 Å². The van der Waals surface area contributed by atoms with Gasteiger partial charge in [0.25, 0.3) is 0 Å². The number of fused-ring (bicyclic) bond motifs is 2. The van der Waals surface area contributed by atoms with Crippen LogP contribution >= 0.6 is 0 Å². The summed E-state index contributed by atoms with van der Waals surface area (Å²) in [6.07, 6.45) is 3.28. The van der Waals surface area contributed by atoms with Crippen LogP contribution in [0.25, 0.3) is 12.2 Å². The van der Waals surface area contributed by atoms with Gasteiger partial charge >= 0.3 is 11.9 Å². The third-order valence-corrected chi connectivity index (χ3v) is 3.81. The average Bonchev–Trinajstić information content (AvgIpc) is 2.67. The van der Waals surface area contributed by atoms with E-state index in [4.69, 9.17) is 19.7 Å². The van der Waals surface area contributed by atoms with Crippen LogP contribution in [-0.4, -0.2) is 35.4 Å². The molecule has 0 spiro atoms. The minimum Gasteiger partial charge on any atom is -0.488 e. The quantitative estimate of drug-likeness (QED) is 0.863. The molecule has 0 fully saturated rings. The Morgan fingerprint density at radius 1 is 0.692 bits per heavy atom. The SMILES string of the molecule is O=C(O)C1=Cc2ccccc2OC1.O=C(O)C1=Cc2ccccc2OC1. The highest BCUT2D eigenvalue weighted by atomic mass is 16.5. The van der Waals surface area contributed by atoms with Gasteiger partial charge in [-0.05, 0) is 24.3 Å². The first-order valence-corrected chi connectivity index (χ1v) is 7.86. The largest absolute Gasteiger partial charge is 0.488 e. The number of carboxylic acids is 2. The van der Waals surface area contributed by atoms with Crippen molar-refractivity contribution in [3.8, 4) is 11.5 Å². The first-order chi connectivity index (χ1) is 12.5. The monoisotopic (exact) mass is 352 g/mol. The zero-order valence-electron chi connectivity index (χ0n) is 13.7. The number of rotatable bonds is 2. The highest BCUT2D eigenvalue weighted by Crippen LogP contribution is 2.26. The Hall–Kier alpha value is -3.54. The summed E-state index contributed by atoms with van der Waals surface area (Å²) in [5.74, 6) is -0.357. The Labute approximate surface area is 149 Å². The van der Waals surface area contributed by atoms with E-state index in [1.165, 1.54) is 0 Å². The van der Waals surface area contributed by atoms with E-state index in [2.05, 4.69) is 0 Å². The number of hydrogen-bond acceptors (Lipinski definition) is 4. The Morgan fingerprint density at radius 3 is 1.46 bits per heavy atom.